The molecule has 6 nitrogen and oxygen atoms in total. The van der Waals surface area contributed by atoms with Gasteiger partial charge in [0.05, 0.1) is 15.9 Å². The van der Waals surface area contributed by atoms with E-state index < -0.39 is 14.8 Å². The number of nitrogens with zero attached hydrogens (tertiary/aromatic N) is 1. The van der Waals surface area contributed by atoms with E-state index in [-0.39, 0.29) is 34.0 Å². The number of hydrogen-bond acceptors (Lipinski definition) is 5. The third kappa shape index (κ3) is 4.54. The number of nitro groups is 1. The molecule has 25 heavy (non-hydrogen) atoms. The first-order valence-electron chi connectivity index (χ1n) is 7.60. The lowest BCUT2D eigenvalue weighted by molar-refractivity contribution is -0.384. The molecule has 2 aromatic carbocycles. The molecule has 0 saturated carbocycles. The summed E-state index contributed by atoms with van der Waals surface area (Å²) >= 11 is 0. The van der Waals surface area contributed by atoms with Gasteiger partial charge >= 0.3 is 0 Å². The maximum Gasteiger partial charge on any atom is 0.293 e. The van der Waals surface area contributed by atoms with Crippen molar-refractivity contribution in [2.24, 2.45) is 5.92 Å². The predicted octanol–water partition coefficient (Wildman–Crippen LogP) is 3.95. The van der Waals surface area contributed by atoms with Crippen molar-refractivity contribution in [2.75, 3.05) is 11.6 Å². The molecule has 0 fully saturated rings. The SMILES string of the molecule is CC(C)C(Nc1ccc(S(C)(=O)=O)cc1[N+](=O)[O-])c1ccc(F)cc1. The number of sulfone groups is 1. The molecule has 0 heterocycles. The summed E-state index contributed by atoms with van der Waals surface area (Å²) in [4.78, 5) is 10.6. The summed E-state index contributed by atoms with van der Waals surface area (Å²) in [6.45, 7) is 3.86. The highest BCUT2D eigenvalue weighted by atomic mass is 32.2. The van der Waals surface area contributed by atoms with Crippen molar-refractivity contribution in [3.63, 3.8) is 0 Å². The zero-order chi connectivity index (χ0) is 18.8. The normalized spacial score (nSPS) is 12.8. The van der Waals surface area contributed by atoms with E-state index in [0.29, 0.717) is 0 Å². The monoisotopic (exact) mass is 366 g/mol. The second kappa shape index (κ2) is 7.18. The van der Waals surface area contributed by atoms with Crippen molar-refractivity contribution in [2.45, 2.75) is 24.8 Å². The van der Waals surface area contributed by atoms with Gasteiger partial charge in [0.15, 0.2) is 9.84 Å². The van der Waals surface area contributed by atoms with Gasteiger partial charge in [-0.3, -0.25) is 10.1 Å². The lowest BCUT2D eigenvalue weighted by atomic mass is 9.95. The molecule has 0 radical (unpaired) electrons. The van der Waals surface area contributed by atoms with Crippen LogP contribution in [-0.2, 0) is 9.84 Å². The summed E-state index contributed by atoms with van der Waals surface area (Å²) in [6.07, 6.45) is 0.995. The molecule has 134 valence electrons. The second-order valence-corrected chi connectivity index (χ2v) is 8.14. The van der Waals surface area contributed by atoms with Crippen LogP contribution in [0.5, 0.6) is 0 Å². The number of nitro benzene ring substituents is 1. The Balaban J connectivity index is 2.45. The Morgan fingerprint density at radius 1 is 1.12 bits per heavy atom. The zero-order valence-corrected chi connectivity index (χ0v) is 14.9. The van der Waals surface area contributed by atoms with Crippen molar-refractivity contribution in [3.8, 4) is 0 Å². The third-order valence-electron chi connectivity index (χ3n) is 3.80. The molecule has 0 saturated heterocycles. The average molecular weight is 366 g/mol. The summed E-state index contributed by atoms with van der Waals surface area (Å²) in [6, 6.07) is 9.33. The summed E-state index contributed by atoms with van der Waals surface area (Å²) in [5.41, 5.74) is 0.661. The summed E-state index contributed by atoms with van der Waals surface area (Å²) in [7, 11) is -3.55. The summed E-state index contributed by atoms with van der Waals surface area (Å²) < 4.78 is 36.4. The Kier molecular flexibility index (Phi) is 5.42. The van der Waals surface area contributed by atoms with Gasteiger partial charge in [-0.1, -0.05) is 26.0 Å². The molecular formula is C17H19FN2O4S. The molecule has 2 aromatic rings. The van der Waals surface area contributed by atoms with E-state index in [9.17, 15) is 22.9 Å². The molecule has 0 aliphatic heterocycles. The molecule has 0 bridgehead atoms. The molecule has 0 aliphatic carbocycles. The number of nitrogens with one attached hydrogen (secondary N) is 1. The lowest BCUT2D eigenvalue weighted by Crippen LogP contribution is -2.17. The Hall–Kier alpha value is -2.48. The van der Waals surface area contributed by atoms with E-state index in [2.05, 4.69) is 5.32 Å². The van der Waals surface area contributed by atoms with Crippen LogP contribution in [0.25, 0.3) is 0 Å². The maximum atomic E-state index is 13.1. The number of benzene rings is 2. The number of halogens is 1. The minimum Gasteiger partial charge on any atom is -0.372 e. The second-order valence-electron chi connectivity index (χ2n) is 6.13. The smallest absolute Gasteiger partial charge is 0.293 e. The summed E-state index contributed by atoms with van der Waals surface area (Å²) in [5, 5.41) is 14.4. The fourth-order valence-corrected chi connectivity index (χ4v) is 3.13. The highest BCUT2D eigenvalue weighted by molar-refractivity contribution is 7.90. The van der Waals surface area contributed by atoms with Gasteiger partial charge in [0.25, 0.3) is 5.69 Å². The van der Waals surface area contributed by atoms with Gasteiger partial charge in [-0.05, 0) is 35.7 Å². The van der Waals surface area contributed by atoms with Crippen molar-refractivity contribution in [3.05, 3.63) is 64.0 Å². The van der Waals surface area contributed by atoms with Crippen LogP contribution in [0.4, 0.5) is 15.8 Å². The standard InChI is InChI=1S/C17H19FN2O4S/c1-11(2)17(12-4-6-13(18)7-5-12)19-15-9-8-14(25(3,23)24)10-16(15)20(21)22/h4-11,17,19H,1-3H3. The molecule has 1 unspecified atom stereocenters. The van der Waals surface area contributed by atoms with Crippen molar-refractivity contribution in [1.29, 1.82) is 0 Å². The van der Waals surface area contributed by atoms with Gasteiger partial charge in [-0.25, -0.2) is 12.8 Å². The lowest BCUT2D eigenvalue weighted by Gasteiger charge is -2.24. The quantitative estimate of drug-likeness (QED) is 0.618. The van der Waals surface area contributed by atoms with Crippen molar-refractivity contribution >= 4 is 21.2 Å². The van der Waals surface area contributed by atoms with E-state index in [1.54, 1.807) is 12.1 Å². The molecule has 0 aromatic heterocycles. The van der Waals surface area contributed by atoms with Crippen LogP contribution in [0.1, 0.15) is 25.5 Å². The van der Waals surface area contributed by atoms with Gasteiger partial charge in [-0.2, -0.15) is 0 Å². The molecule has 8 heteroatoms. The number of rotatable bonds is 6. The fraction of sp³-hybridized carbons (Fsp3) is 0.294. The Labute approximate surface area is 145 Å². The van der Waals surface area contributed by atoms with E-state index >= 15 is 0 Å². The third-order valence-corrected chi connectivity index (χ3v) is 4.91. The first-order chi connectivity index (χ1) is 11.6. The van der Waals surface area contributed by atoms with Crippen LogP contribution >= 0.6 is 0 Å². The van der Waals surface area contributed by atoms with Crippen LogP contribution in [0.3, 0.4) is 0 Å². The molecule has 0 spiro atoms. The van der Waals surface area contributed by atoms with Crippen LogP contribution in [0, 0.1) is 21.8 Å². The highest BCUT2D eigenvalue weighted by Crippen LogP contribution is 2.33. The van der Waals surface area contributed by atoms with Crippen molar-refractivity contribution in [1.82, 2.24) is 0 Å². The van der Waals surface area contributed by atoms with Gasteiger partial charge in [0, 0.05) is 12.3 Å². The zero-order valence-electron chi connectivity index (χ0n) is 14.1. The molecule has 0 amide bonds. The maximum absolute atomic E-state index is 13.1. The Bertz CT molecular complexity index is 880. The predicted molar refractivity (Wildman–Crippen MR) is 93.8 cm³/mol. The van der Waals surface area contributed by atoms with Crippen LogP contribution in [0.15, 0.2) is 47.4 Å². The number of anilines is 1. The van der Waals surface area contributed by atoms with Crippen molar-refractivity contribution < 1.29 is 17.7 Å². The fourth-order valence-electron chi connectivity index (χ4n) is 2.49. The van der Waals surface area contributed by atoms with Crippen LogP contribution < -0.4 is 5.32 Å². The van der Waals surface area contributed by atoms with Gasteiger partial charge < -0.3 is 5.32 Å². The van der Waals surface area contributed by atoms with E-state index in [1.807, 2.05) is 13.8 Å². The highest BCUT2D eigenvalue weighted by Gasteiger charge is 2.23. The van der Waals surface area contributed by atoms with Gasteiger partial charge in [0.1, 0.15) is 11.5 Å². The van der Waals surface area contributed by atoms with E-state index in [1.165, 1.54) is 24.3 Å². The minimum absolute atomic E-state index is 0.0552. The Morgan fingerprint density at radius 3 is 2.20 bits per heavy atom. The van der Waals surface area contributed by atoms with E-state index in [0.717, 1.165) is 17.9 Å². The first-order valence-corrected chi connectivity index (χ1v) is 9.49. The Morgan fingerprint density at radius 2 is 1.72 bits per heavy atom. The molecule has 1 N–H and O–H groups in total. The molecule has 1 atom stereocenters. The van der Waals surface area contributed by atoms with Gasteiger partial charge in [0.2, 0.25) is 0 Å². The summed E-state index contributed by atoms with van der Waals surface area (Å²) in [5.74, 6) is -0.311. The van der Waals surface area contributed by atoms with Crippen LogP contribution in [0.2, 0.25) is 0 Å². The average Bonchev–Trinajstić information content (AvgIpc) is 2.52. The number of hydrogen-bond donors (Lipinski definition) is 1. The minimum atomic E-state index is -3.55. The molecular weight excluding hydrogens is 347 g/mol. The first kappa shape index (κ1) is 18.9. The van der Waals surface area contributed by atoms with E-state index in [4.69, 9.17) is 0 Å². The van der Waals surface area contributed by atoms with Gasteiger partial charge in [-0.15, -0.1) is 0 Å². The molecule has 0 aliphatic rings. The topological polar surface area (TPSA) is 89.3 Å². The molecule has 2 rings (SSSR count). The largest absolute Gasteiger partial charge is 0.372 e. The van der Waals surface area contributed by atoms with Crippen LogP contribution in [-0.4, -0.2) is 19.6 Å².